The van der Waals surface area contributed by atoms with Gasteiger partial charge in [0.2, 0.25) is 0 Å². The molecule has 1 unspecified atom stereocenters. The second-order valence-corrected chi connectivity index (χ2v) is 8.05. The van der Waals surface area contributed by atoms with Gasteiger partial charge < -0.3 is 15.0 Å². The third-order valence-corrected chi connectivity index (χ3v) is 5.99. The number of ether oxygens (including phenoxy) is 1. The van der Waals surface area contributed by atoms with Crippen molar-refractivity contribution in [1.29, 1.82) is 0 Å². The molecule has 2 aromatic heterocycles. The van der Waals surface area contributed by atoms with Crippen molar-refractivity contribution in [2.24, 2.45) is 5.92 Å². The van der Waals surface area contributed by atoms with Crippen molar-refractivity contribution in [3.05, 3.63) is 71.1 Å². The van der Waals surface area contributed by atoms with Crippen LogP contribution >= 0.6 is 0 Å². The lowest BCUT2D eigenvalue weighted by molar-refractivity contribution is 0.128. The number of nitrogens with one attached hydrogen (secondary N) is 2. The van der Waals surface area contributed by atoms with Crippen LogP contribution in [-0.4, -0.2) is 39.2 Å². The van der Waals surface area contributed by atoms with Crippen molar-refractivity contribution in [2.45, 2.75) is 25.9 Å². The fourth-order valence-corrected chi connectivity index (χ4v) is 4.15. The van der Waals surface area contributed by atoms with Crippen LogP contribution in [0.1, 0.15) is 19.8 Å². The van der Waals surface area contributed by atoms with Gasteiger partial charge in [0.25, 0.3) is 5.56 Å². The first-order valence-electron chi connectivity index (χ1n) is 10.7. The van der Waals surface area contributed by atoms with E-state index in [4.69, 9.17) is 4.74 Å². The molecule has 1 fully saturated rings. The Morgan fingerprint density at radius 3 is 2.68 bits per heavy atom. The Morgan fingerprint density at radius 1 is 1.10 bits per heavy atom. The van der Waals surface area contributed by atoms with E-state index in [1.165, 1.54) is 0 Å². The number of pyridine rings is 1. The summed E-state index contributed by atoms with van der Waals surface area (Å²) in [6.45, 7) is 4.27. The highest BCUT2D eigenvalue weighted by Crippen LogP contribution is 2.24. The smallest absolute Gasteiger partial charge is 0.258 e. The minimum atomic E-state index is -0.179. The largest absolute Gasteiger partial charge is 0.490 e. The average Bonchev–Trinajstić information content (AvgIpc) is 3.30. The van der Waals surface area contributed by atoms with E-state index in [-0.39, 0.29) is 11.7 Å². The van der Waals surface area contributed by atoms with Gasteiger partial charge in [-0.2, -0.15) is 0 Å². The normalized spacial score (nSPS) is 15.8. The van der Waals surface area contributed by atoms with Gasteiger partial charge in [-0.1, -0.05) is 23.4 Å². The van der Waals surface area contributed by atoms with E-state index in [9.17, 15) is 4.79 Å². The molecule has 0 amide bonds. The average molecular weight is 415 g/mol. The van der Waals surface area contributed by atoms with Crippen LogP contribution in [0.5, 0.6) is 5.75 Å². The van der Waals surface area contributed by atoms with E-state index in [0.29, 0.717) is 17.2 Å². The zero-order valence-electron chi connectivity index (χ0n) is 17.4. The van der Waals surface area contributed by atoms with Gasteiger partial charge in [-0.15, -0.1) is 5.10 Å². The topological polar surface area (TPSA) is 84.8 Å². The molecular formula is C24H25N5O2. The van der Waals surface area contributed by atoms with Crippen LogP contribution in [-0.2, 0) is 0 Å². The molecule has 31 heavy (non-hydrogen) atoms. The van der Waals surface area contributed by atoms with Crippen molar-refractivity contribution >= 4 is 10.9 Å². The molecule has 5 rings (SSSR count). The fourth-order valence-electron chi connectivity index (χ4n) is 4.15. The van der Waals surface area contributed by atoms with Gasteiger partial charge in [0.05, 0.1) is 23.6 Å². The van der Waals surface area contributed by atoms with Gasteiger partial charge in [-0.25, -0.2) is 4.68 Å². The van der Waals surface area contributed by atoms with Gasteiger partial charge in [-0.3, -0.25) is 4.79 Å². The second kappa shape index (κ2) is 8.35. The molecular weight excluding hydrogens is 390 g/mol. The number of fused-ring (bicyclic) bond motifs is 1. The maximum atomic E-state index is 12.5. The second-order valence-electron chi connectivity index (χ2n) is 8.05. The zero-order chi connectivity index (χ0) is 21.2. The summed E-state index contributed by atoms with van der Waals surface area (Å²) < 4.78 is 7.83. The van der Waals surface area contributed by atoms with E-state index in [0.717, 1.165) is 48.3 Å². The van der Waals surface area contributed by atoms with Crippen LogP contribution in [0.15, 0.2) is 65.6 Å². The number of rotatable bonds is 5. The molecule has 1 aliphatic heterocycles. The standard InChI is InChI=1S/C24H25N5O2/c1-16(17-10-12-25-13-11-17)31-20-8-6-19(7-9-20)29-15-23(27-28-29)21-14-18-4-2-3-5-22(18)26-24(21)30/h2-9,14-17,25H,10-13H2,1H3,(H,26,30). The van der Waals surface area contributed by atoms with Crippen LogP contribution in [0.25, 0.3) is 27.8 Å². The Labute approximate surface area is 180 Å². The molecule has 7 nitrogen and oxygen atoms in total. The molecule has 0 bridgehead atoms. The predicted octanol–water partition coefficient (Wildman–Crippen LogP) is 3.54. The van der Waals surface area contributed by atoms with Crippen LogP contribution in [0.4, 0.5) is 0 Å². The maximum Gasteiger partial charge on any atom is 0.258 e. The number of hydrogen-bond donors (Lipinski definition) is 2. The summed E-state index contributed by atoms with van der Waals surface area (Å²) in [4.78, 5) is 15.4. The monoisotopic (exact) mass is 415 g/mol. The Kier molecular flexibility index (Phi) is 5.26. The highest BCUT2D eigenvalue weighted by Gasteiger charge is 2.21. The Balaban J connectivity index is 1.34. The van der Waals surface area contributed by atoms with Crippen LogP contribution < -0.4 is 15.6 Å². The number of H-pyrrole nitrogens is 1. The number of aromatic amines is 1. The SMILES string of the molecule is CC(Oc1ccc(-n2cc(-c3cc4ccccc4[nH]c3=O)nn2)cc1)C1CCNCC1. The minimum absolute atomic E-state index is 0.179. The number of hydrogen-bond acceptors (Lipinski definition) is 5. The first kappa shape index (κ1) is 19.5. The summed E-state index contributed by atoms with van der Waals surface area (Å²) in [5, 5.41) is 12.8. The fraction of sp³-hybridized carbons (Fsp3) is 0.292. The van der Waals surface area contributed by atoms with Gasteiger partial charge in [0.15, 0.2) is 0 Å². The summed E-state index contributed by atoms with van der Waals surface area (Å²) in [7, 11) is 0. The number of para-hydroxylation sites is 1. The van der Waals surface area contributed by atoms with E-state index in [1.54, 1.807) is 10.9 Å². The van der Waals surface area contributed by atoms with Gasteiger partial charge in [-0.05, 0) is 80.6 Å². The first-order valence-corrected chi connectivity index (χ1v) is 10.7. The zero-order valence-corrected chi connectivity index (χ0v) is 17.4. The predicted molar refractivity (Wildman–Crippen MR) is 121 cm³/mol. The third-order valence-electron chi connectivity index (χ3n) is 5.99. The molecule has 158 valence electrons. The van der Waals surface area contributed by atoms with Crippen LogP contribution in [0.2, 0.25) is 0 Å². The molecule has 0 spiro atoms. The molecule has 7 heteroatoms. The molecule has 3 heterocycles. The summed E-state index contributed by atoms with van der Waals surface area (Å²) in [6, 6.07) is 17.3. The molecule has 2 aromatic carbocycles. The lowest BCUT2D eigenvalue weighted by Crippen LogP contribution is -2.35. The van der Waals surface area contributed by atoms with E-state index >= 15 is 0 Å². The summed E-state index contributed by atoms with van der Waals surface area (Å²) >= 11 is 0. The van der Waals surface area contributed by atoms with Crippen molar-refractivity contribution in [2.75, 3.05) is 13.1 Å². The highest BCUT2D eigenvalue weighted by molar-refractivity contribution is 5.82. The molecule has 0 aliphatic carbocycles. The van der Waals surface area contributed by atoms with Crippen molar-refractivity contribution in [3.8, 4) is 22.7 Å². The molecule has 1 aliphatic rings. The molecule has 1 atom stereocenters. The summed E-state index contributed by atoms with van der Waals surface area (Å²) in [5.41, 5.74) is 2.52. The Morgan fingerprint density at radius 2 is 1.87 bits per heavy atom. The number of benzene rings is 2. The molecule has 0 saturated carbocycles. The molecule has 2 N–H and O–H groups in total. The van der Waals surface area contributed by atoms with Crippen molar-refractivity contribution < 1.29 is 4.74 Å². The molecule has 1 saturated heterocycles. The van der Waals surface area contributed by atoms with E-state index in [1.807, 2.05) is 54.6 Å². The van der Waals surface area contributed by atoms with Gasteiger partial charge in [0, 0.05) is 5.52 Å². The van der Waals surface area contributed by atoms with Crippen molar-refractivity contribution in [1.82, 2.24) is 25.3 Å². The van der Waals surface area contributed by atoms with E-state index < -0.39 is 0 Å². The Hall–Kier alpha value is -3.45. The maximum absolute atomic E-state index is 12.5. The Bertz CT molecular complexity index is 1240. The van der Waals surface area contributed by atoms with Gasteiger partial charge in [0.1, 0.15) is 11.4 Å². The first-order chi connectivity index (χ1) is 15.2. The summed E-state index contributed by atoms with van der Waals surface area (Å²) in [5.74, 6) is 1.43. The van der Waals surface area contributed by atoms with Crippen LogP contribution in [0, 0.1) is 5.92 Å². The minimum Gasteiger partial charge on any atom is -0.490 e. The summed E-state index contributed by atoms with van der Waals surface area (Å²) in [6.07, 6.45) is 4.25. The van der Waals surface area contributed by atoms with Gasteiger partial charge >= 0.3 is 0 Å². The lowest BCUT2D eigenvalue weighted by Gasteiger charge is -2.28. The van der Waals surface area contributed by atoms with Crippen LogP contribution in [0.3, 0.4) is 0 Å². The lowest BCUT2D eigenvalue weighted by atomic mass is 9.93. The highest BCUT2D eigenvalue weighted by atomic mass is 16.5. The third kappa shape index (κ3) is 4.09. The molecule has 4 aromatic rings. The van der Waals surface area contributed by atoms with E-state index in [2.05, 4.69) is 27.5 Å². The van der Waals surface area contributed by atoms with Crippen molar-refractivity contribution in [3.63, 3.8) is 0 Å². The number of piperidine rings is 1. The number of aromatic nitrogens is 4. The molecule has 0 radical (unpaired) electrons. The number of nitrogens with zero attached hydrogens (tertiary/aromatic N) is 3. The quantitative estimate of drug-likeness (QED) is 0.521.